The number of Topliss-reactive ketones (excluding diaryl/α,β-unsaturated/α-hetero) is 1. The summed E-state index contributed by atoms with van der Waals surface area (Å²) in [6.45, 7) is 1.56. The number of benzene rings is 2. The van der Waals surface area contributed by atoms with Crippen LogP contribution in [0, 0.1) is 0 Å². The Labute approximate surface area is 111 Å². The number of rotatable bonds is 2. The number of fused-ring (bicyclic) bond motifs is 1. The molecule has 92 valence electrons. The van der Waals surface area contributed by atoms with Gasteiger partial charge in [0, 0.05) is 11.1 Å². The van der Waals surface area contributed by atoms with E-state index in [1.165, 1.54) is 0 Å². The molecule has 0 radical (unpaired) electrons. The number of hydrogen-bond donors (Lipinski definition) is 0. The smallest absolute Gasteiger partial charge is 0.160 e. The molecule has 0 unspecified atom stereocenters. The second-order valence-electron chi connectivity index (χ2n) is 4.35. The summed E-state index contributed by atoms with van der Waals surface area (Å²) in [6, 6.07) is 15.2. The van der Waals surface area contributed by atoms with E-state index in [1.54, 1.807) is 13.1 Å². The summed E-state index contributed by atoms with van der Waals surface area (Å²) in [6.07, 6.45) is 1.71. The van der Waals surface area contributed by atoms with Crippen molar-refractivity contribution in [2.24, 2.45) is 0 Å². The SMILES string of the molecule is CC(=O)c1ccccc1-c1cnc2ccccc2n1. The molecule has 19 heavy (non-hydrogen) atoms. The minimum Gasteiger partial charge on any atom is -0.294 e. The third-order valence-corrected chi connectivity index (χ3v) is 3.03. The molecule has 0 aliphatic heterocycles. The number of aromatic nitrogens is 2. The van der Waals surface area contributed by atoms with Crippen molar-refractivity contribution in [1.29, 1.82) is 0 Å². The molecule has 0 aliphatic carbocycles. The summed E-state index contributed by atoms with van der Waals surface area (Å²) in [4.78, 5) is 20.6. The molecular formula is C16H12N2O. The van der Waals surface area contributed by atoms with Gasteiger partial charge in [0.2, 0.25) is 0 Å². The second-order valence-corrected chi connectivity index (χ2v) is 4.35. The highest BCUT2D eigenvalue weighted by Gasteiger charge is 2.10. The number of para-hydroxylation sites is 2. The maximum Gasteiger partial charge on any atom is 0.160 e. The minimum atomic E-state index is 0.0329. The van der Waals surface area contributed by atoms with Crippen LogP contribution >= 0.6 is 0 Å². The Morgan fingerprint density at radius 3 is 2.42 bits per heavy atom. The van der Waals surface area contributed by atoms with Gasteiger partial charge in [-0.3, -0.25) is 9.78 Å². The summed E-state index contributed by atoms with van der Waals surface area (Å²) in [7, 11) is 0. The first kappa shape index (κ1) is 11.5. The summed E-state index contributed by atoms with van der Waals surface area (Å²) >= 11 is 0. The molecule has 0 atom stereocenters. The number of nitrogens with zero attached hydrogens (tertiary/aromatic N) is 2. The molecule has 0 saturated carbocycles. The number of ketones is 1. The minimum absolute atomic E-state index is 0.0329. The van der Waals surface area contributed by atoms with Crippen LogP contribution in [0.15, 0.2) is 54.7 Å². The molecule has 0 bridgehead atoms. The predicted octanol–water partition coefficient (Wildman–Crippen LogP) is 3.50. The number of carbonyl (C=O) groups excluding carboxylic acids is 1. The molecule has 0 spiro atoms. The lowest BCUT2D eigenvalue weighted by Gasteiger charge is -2.06. The maximum atomic E-state index is 11.7. The van der Waals surface area contributed by atoms with E-state index in [9.17, 15) is 4.79 Å². The van der Waals surface area contributed by atoms with E-state index < -0.39 is 0 Å². The lowest BCUT2D eigenvalue weighted by Crippen LogP contribution is -1.97. The molecule has 3 aromatic rings. The van der Waals surface area contributed by atoms with Crippen LogP contribution in [-0.4, -0.2) is 15.8 Å². The van der Waals surface area contributed by atoms with Crippen LogP contribution in [0.3, 0.4) is 0 Å². The monoisotopic (exact) mass is 248 g/mol. The third-order valence-electron chi connectivity index (χ3n) is 3.03. The van der Waals surface area contributed by atoms with E-state index in [-0.39, 0.29) is 5.78 Å². The normalized spacial score (nSPS) is 10.6. The van der Waals surface area contributed by atoms with Gasteiger partial charge in [-0.05, 0) is 19.1 Å². The van der Waals surface area contributed by atoms with Gasteiger partial charge in [-0.15, -0.1) is 0 Å². The van der Waals surface area contributed by atoms with Gasteiger partial charge >= 0.3 is 0 Å². The highest BCUT2D eigenvalue weighted by molar-refractivity contribution is 6.00. The lowest BCUT2D eigenvalue weighted by atomic mass is 10.0. The molecule has 0 amide bonds. The van der Waals surface area contributed by atoms with Crippen molar-refractivity contribution in [3.8, 4) is 11.3 Å². The van der Waals surface area contributed by atoms with Crippen molar-refractivity contribution in [3.63, 3.8) is 0 Å². The molecule has 3 nitrogen and oxygen atoms in total. The van der Waals surface area contributed by atoms with Crippen LogP contribution in [0.2, 0.25) is 0 Å². The van der Waals surface area contributed by atoms with Crippen molar-refractivity contribution in [1.82, 2.24) is 9.97 Å². The van der Waals surface area contributed by atoms with E-state index in [0.29, 0.717) is 5.56 Å². The fourth-order valence-corrected chi connectivity index (χ4v) is 2.10. The Morgan fingerprint density at radius 2 is 1.63 bits per heavy atom. The molecule has 1 heterocycles. The third kappa shape index (κ3) is 2.10. The van der Waals surface area contributed by atoms with Gasteiger partial charge in [0.15, 0.2) is 5.78 Å². The Morgan fingerprint density at radius 1 is 0.947 bits per heavy atom. The molecule has 2 aromatic carbocycles. The Balaban J connectivity index is 2.22. The van der Waals surface area contributed by atoms with E-state index in [2.05, 4.69) is 9.97 Å². The van der Waals surface area contributed by atoms with E-state index in [1.807, 2.05) is 48.5 Å². The highest BCUT2D eigenvalue weighted by Crippen LogP contribution is 2.23. The first-order chi connectivity index (χ1) is 9.25. The van der Waals surface area contributed by atoms with Crippen LogP contribution < -0.4 is 0 Å². The van der Waals surface area contributed by atoms with E-state index >= 15 is 0 Å². The Kier molecular flexibility index (Phi) is 2.80. The van der Waals surface area contributed by atoms with E-state index in [4.69, 9.17) is 0 Å². The van der Waals surface area contributed by atoms with Crippen molar-refractivity contribution < 1.29 is 4.79 Å². The van der Waals surface area contributed by atoms with Gasteiger partial charge < -0.3 is 0 Å². The molecule has 0 aliphatic rings. The Bertz CT molecular complexity index is 765. The standard InChI is InChI=1S/C16H12N2O/c1-11(19)12-6-2-3-7-13(12)16-10-17-14-8-4-5-9-15(14)18-16/h2-10H,1H3. The van der Waals surface area contributed by atoms with Crippen LogP contribution in [-0.2, 0) is 0 Å². The summed E-state index contributed by atoms with van der Waals surface area (Å²) in [5.41, 5.74) is 3.91. The van der Waals surface area contributed by atoms with Gasteiger partial charge in [-0.1, -0.05) is 36.4 Å². The van der Waals surface area contributed by atoms with Crippen molar-refractivity contribution in [3.05, 3.63) is 60.3 Å². The van der Waals surface area contributed by atoms with Crippen molar-refractivity contribution in [2.75, 3.05) is 0 Å². The predicted molar refractivity (Wildman–Crippen MR) is 75.0 cm³/mol. The van der Waals surface area contributed by atoms with Crippen LogP contribution in [0.5, 0.6) is 0 Å². The van der Waals surface area contributed by atoms with Gasteiger partial charge in [0.25, 0.3) is 0 Å². The van der Waals surface area contributed by atoms with Crippen LogP contribution in [0.25, 0.3) is 22.3 Å². The average Bonchev–Trinajstić information content (AvgIpc) is 2.46. The molecular weight excluding hydrogens is 236 g/mol. The maximum absolute atomic E-state index is 11.7. The van der Waals surface area contributed by atoms with Crippen LogP contribution in [0.4, 0.5) is 0 Å². The number of carbonyl (C=O) groups is 1. The first-order valence-electron chi connectivity index (χ1n) is 6.08. The topological polar surface area (TPSA) is 42.9 Å². The summed E-state index contributed by atoms with van der Waals surface area (Å²) < 4.78 is 0. The molecule has 1 aromatic heterocycles. The van der Waals surface area contributed by atoms with E-state index in [0.717, 1.165) is 22.3 Å². The first-order valence-corrected chi connectivity index (χ1v) is 6.08. The number of hydrogen-bond acceptors (Lipinski definition) is 3. The second kappa shape index (κ2) is 4.61. The largest absolute Gasteiger partial charge is 0.294 e. The Hall–Kier alpha value is -2.55. The highest BCUT2D eigenvalue weighted by atomic mass is 16.1. The molecule has 3 heteroatoms. The average molecular weight is 248 g/mol. The van der Waals surface area contributed by atoms with Crippen molar-refractivity contribution in [2.45, 2.75) is 6.92 Å². The fraction of sp³-hybridized carbons (Fsp3) is 0.0625. The van der Waals surface area contributed by atoms with Gasteiger partial charge in [-0.2, -0.15) is 0 Å². The zero-order chi connectivity index (χ0) is 13.2. The molecule has 0 fully saturated rings. The van der Waals surface area contributed by atoms with Crippen LogP contribution in [0.1, 0.15) is 17.3 Å². The van der Waals surface area contributed by atoms with Gasteiger partial charge in [-0.25, -0.2) is 4.98 Å². The molecule has 0 saturated heterocycles. The summed E-state index contributed by atoms with van der Waals surface area (Å²) in [5, 5.41) is 0. The van der Waals surface area contributed by atoms with Crippen molar-refractivity contribution >= 4 is 16.8 Å². The fourth-order valence-electron chi connectivity index (χ4n) is 2.10. The summed E-state index contributed by atoms with van der Waals surface area (Å²) in [5.74, 6) is 0.0329. The van der Waals surface area contributed by atoms with Gasteiger partial charge in [0.1, 0.15) is 0 Å². The molecule has 3 rings (SSSR count). The quantitative estimate of drug-likeness (QED) is 0.652. The lowest BCUT2D eigenvalue weighted by molar-refractivity contribution is 0.101. The molecule has 0 N–H and O–H groups in total. The zero-order valence-corrected chi connectivity index (χ0v) is 10.5. The van der Waals surface area contributed by atoms with Gasteiger partial charge in [0.05, 0.1) is 22.9 Å². The zero-order valence-electron chi connectivity index (χ0n) is 10.5.